The topological polar surface area (TPSA) is 0 Å². The van der Waals surface area contributed by atoms with Gasteiger partial charge in [0, 0.05) is 32.7 Å². The summed E-state index contributed by atoms with van der Waals surface area (Å²) in [7, 11) is 0. The van der Waals surface area contributed by atoms with Gasteiger partial charge in [0.15, 0.2) is 0 Å². The Morgan fingerprint density at radius 2 is 2.00 bits per heavy atom. The van der Waals surface area contributed by atoms with Gasteiger partial charge in [-0.25, -0.2) is 19.1 Å². The maximum Gasteiger partial charge on any atom is 0 e. The first-order valence-corrected chi connectivity index (χ1v) is 2.36. The average Bonchev–Trinajstić information content (AvgIpc) is 1.61. The van der Waals surface area contributed by atoms with Crippen LogP contribution in [0.4, 0.5) is 0 Å². The smallest absolute Gasteiger partial charge is 0 e. The summed E-state index contributed by atoms with van der Waals surface area (Å²) in [5, 5.41) is 0. The summed E-state index contributed by atoms with van der Waals surface area (Å²) < 4.78 is 0. The molecule has 0 rings (SSSR count). The molecule has 0 aliphatic heterocycles. The van der Waals surface area contributed by atoms with Crippen molar-refractivity contribution in [2.75, 3.05) is 0 Å². The van der Waals surface area contributed by atoms with E-state index in [-0.39, 0.29) is 40.1 Å². The van der Waals surface area contributed by atoms with E-state index in [4.69, 9.17) is 0 Å². The molecule has 0 aliphatic carbocycles. The summed E-state index contributed by atoms with van der Waals surface area (Å²) in [4.78, 5) is 0. The second-order valence-electron chi connectivity index (χ2n) is 1.26. The van der Waals surface area contributed by atoms with Crippen LogP contribution in [0.15, 0.2) is 12.2 Å². The number of unbranched alkanes of at least 4 members (excludes halogenated alkanes) is 1. The summed E-state index contributed by atoms with van der Waals surface area (Å²) >= 11 is 0. The Bertz CT molecular complexity index is 39.7. The summed E-state index contributed by atoms with van der Waals surface area (Å²) in [6.07, 6.45) is 6.30. The van der Waals surface area contributed by atoms with Crippen LogP contribution in [0.2, 0.25) is 0 Å². The Balaban J connectivity index is -0.000000125. The van der Waals surface area contributed by atoms with Gasteiger partial charge in [-0.2, -0.15) is 0 Å². The van der Waals surface area contributed by atoms with Crippen molar-refractivity contribution in [3.05, 3.63) is 26.5 Å². The van der Waals surface area contributed by atoms with Crippen molar-refractivity contribution in [3.63, 3.8) is 0 Å². The number of rotatable bonds is 2. The summed E-state index contributed by atoms with van der Waals surface area (Å²) in [5.41, 5.74) is 0. The molecule has 0 heterocycles. The Morgan fingerprint density at radius 3 is 2.12 bits per heavy atom. The molecule has 0 aliphatic rings. The third-order valence-electron chi connectivity index (χ3n) is 0.622. The van der Waals surface area contributed by atoms with Crippen LogP contribution in [0.1, 0.15) is 19.8 Å². The van der Waals surface area contributed by atoms with Crippen molar-refractivity contribution in [3.8, 4) is 0 Å². The zero-order valence-corrected chi connectivity index (χ0v) is 8.69. The van der Waals surface area contributed by atoms with Crippen molar-refractivity contribution in [2.24, 2.45) is 0 Å². The molecule has 0 nitrogen and oxygen atoms in total. The molecule has 1 radical (unpaired) electrons. The van der Waals surface area contributed by atoms with Crippen LogP contribution in [-0.4, -0.2) is 0 Å². The van der Waals surface area contributed by atoms with Crippen LogP contribution in [0, 0.1) is 14.4 Å². The van der Waals surface area contributed by atoms with E-state index >= 15 is 0 Å². The first-order chi connectivity index (χ1) is 2.91. The van der Waals surface area contributed by atoms with Gasteiger partial charge in [0.2, 0.25) is 0 Å². The van der Waals surface area contributed by atoms with Gasteiger partial charge in [-0.1, -0.05) is 13.3 Å². The fraction of sp³-hybridized carbons (Fsp3) is 0.429. The van der Waals surface area contributed by atoms with Crippen molar-refractivity contribution in [2.45, 2.75) is 19.8 Å². The monoisotopic (exact) mass is 187 g/mol. The molecule has 0 aromatic heterocycles. The molecule has 0 N–H and O–H groups in total. The number of hydrogen-bond donors (Lipinski definition) is 0. The first-order valence-electron chi connectivity index (χ1n) is 2.36. The van der Waals surface area contributed by atoms with Gasteiger partial charge in [-0.3, -0.25) is 0 Å². The minimum atomic E-state index is 0. The third-order valence-corrected chi connectivity index (χ3v) is 0.622. The van der Waals surface area contributed by atoms with Gasteiger partial charge in [0.1, 0.15) is 0 Å². The Hall–Kier alpha value is 0.714. The second kappa shape index (κ2) is 15.6. The van der Waals surface area contributed by atoms with Crippen molar-refractivity contribution >= 4 is 0 Å². The summed E-state index contributed by atoms with van der Waals surface area (Å²) in [5.74, 6) is 0. The van der Waals surface area contributed by atoms with E-state index < -0.39 is 0 Å². The predicted octanol–water partition coefficient (Wildman–Crippen LogP) is 2.62. The SMILES string of the molecule is [CH2-]C=CCCC.[CH3-].[Y]. The Morgan fingerprint density at radius 1 is 1.50 bits per heavy atom. The first kappa shape index (κ1) is 15.9. The molecular weight excluding hydrogens is 173 g/mol. The minimum absolute atomic E-state index is 0. The molecule has 0 spiro atoms. The Labute approximate surface area is 78.6 Å². The van der Waals surface area contributed by atoms with Crippen LogP contribution in [0.3, 0.4) is 0 Å². The molecule has 0 bridgehead atoms. The van der Waals surface area contributed by atoms with Crippen LogP contribution >= 0.6 is 0 Å². The van der Waals surface area contributed by atoms with E-state index in [9.17, 15) is 0 Å². The van der Waals surface area contributed by atoms with Gasteiger partial charge in [0.05, 0.1) is 0 Å². The van der Waals surface area contributed by atoms with E-state index in [1.807, 2.05) is 6.08 Å². The molecule has 0 aromatic carbocycles. The molecule has 0 saturated heterocycles. The number of hydrogen-bond acceptors (Lipinski definition) is 0. The van der Waals surface area contributed by atoms with Gasteiger partial charge in [-0.15, -0.1) is 6.42 Å². The fourth-order valence-corrected chi connectivity index (χ4v) is 0.285. The van der Waals surface area contributed by atoms with Crippen molar-refractivity contribution in [1.29, 1.82) is 0 Å². The maximum absolute atomic E-state index is 3.54. The second-order valence-corrected chi connectivity index (χ2v) is 1.26. The van der Waals surface area contributed by atoms with E-state index in [2.05, 4.69) is 19.9 Å². The molecule has 0 unspecified atom stereocenters. The summed E-state index contributed by atoms with van der Waals surface area (Å²) in [6.45, 7) is 5.70. The average molecular weight is 187 g/mol. The zero-order valence-electron chi connectivity index (χ0n) is 5.85. The van der Waals surface area contributed by atoms with Crippen molar-refractivity contribution in [1.82, 2.24) is 0 Å². The van der Waals surface area contributed by atoms with E-state index in [0.717, 1.165) is 0 Å². The molecule has 0 fully saturated rings. The maximum atomic E-state index is 3.54. The molecule has 47 valence electrons. The van der Waals surface area contributed by atoms with E-state index in [0.29, 0.717) is 0 Å². The predicted molar refractivity (Wildman–Crippen MR) is 35.8 cm³/mol. The van der Waals surface area contributed by atoms with E-state index in [1.54, 1.807) is 0 Å². The number of allylic oxidation sites excluding steroid dienone is 2. The zero-order chi connectivity index (χ0) is 4.83. The van der Waals surface area contributed by atoms with Gasteiger partial charge in [-0.05, 0) is 0 Å². The largest absolute Gasteiger partial charge is 0.358 e. The van der Waals surface area contributed by atoms with Gasteiger partial charge < -0.3 is 7.43 Å². The van der Waals surface area contributed by atoms with Crippen molar-refractivity contribution < 1.29 is 32.7 Å². The van der Waals surface area contributed by atoms with Gasteiger partial charge >= 0.3 is 0 Å². The van der Waals surface area contributed by atoms with E-state index in [1.165, 1.54) is 12.8 Å². The normalized spacial score (nSPS) is 7.62. The quantitative estimate of drug-likeness (QED) is 0.583. The standard InChI is InChI=1S/C6H11.CH3.Y/c1-3-5-6-4-2;;/h3,5H,1,4,6H2,2H3;1H3;/q2*-1;. The fourth-order valence-electron chi connectivity index (χ4n) is 0.285. The molecule has 0 aromatic rings. The molecule has 0 saturated carbocycles. The molecule has 0 atom stereocenters. The summed E-state index contributed by atoms with van der Waals surface area (Å²) in [6, 6.07) is 0. The molecule has 0 amide bonds. The molecule has 1 heteroatoms. The van der Waals surface area contributed by atoms with Crippen LogP contribution in [0.25, 0.3) is 0 Å². The molecule has 8 heavy (non-hydrogen) atoms. The van der Waals surface area contributed by atoms with Gasteiger partial charge in [0.25, 0.3) is 0 Å². The molecular formula is C7H14Y-2. The van der Waals surface area contributed by atoms with Crippen LogP contribution < -0.4 is 0 Å². The van der Waals surface area contributed by atoms with Crippen LogP contribution in [-0.2, 0) is 32.7 Å². The van der Waals surface area contributed by atoms with Crippen LogP contribution in [0.5, 0.6) is 0 Å². The third kappa shape index (κ3) is 15.9. The Kier molecular flexibility index (Phi) is 31.1. The minimum Gasteiger partial charge on any atom is -0.358 e.